The summed E-state index contributed by atoms with van der Waals surface area (Å²) in [6.45, 7) is 8.40. The van der Waals surface area contributed by atoms with Crippen molar-refractivity contribution >= 4 is 61.6 Å². The van der Waals surface area contributed by atoms with E-state index in [1.807, 2.05) is 72.8 Å². The zero-order valence-corrected chi connectivity index (χ0v) is 40.3. The summed E-state index contributed by atoms with van der Waals surface area (Å²) in [5, 5.41) is 21.1. The normalized spacial score (nSPS) is 10.9. The number of nitrogens with zero attached hydrogens (tertiary/aromatic N) is 8. The Balaban J connectivity index is 0.965. The SMILES string of the molecule is [C-]#[N+]c1cc(-c2cc(-c3ccc(C#N)cc3)nc(-c3ccc(C#N)cc3)n2)ccc1-c1ccc(-n2c3ccc(N(c4ccccc4)c4ccccc4)cc3c3cc(N(c4ccccc4)c4ccccc4)ccc32)cc1. The van der Waals surface area contributed by atoms with E-state index in [1.165, 1.54) is 0 Å². The number of anilines is 6. The zero-order chi connectivity index (χ0) is 50.7. The molecule has 12 rings (SSSR count). The highest BCUT2D eigenvalue weighted by molar-refractivity contribution is 6.12. The van der Waals surface area contributed by atoms with E-state index in [2.05, 4.69) is 189 Å². The van der Waals surface area contributed by atoms with E-state index in [-0.39, 0.29) is 0 Å². The van der Waals surface area contributed by atoms with Gasteiger partial charge in [-0.1, -0.05) is 109 Å². The molecule has 2 heterocycles. The predicted molar refractivity (Wildman–Crippen MR) is 303 cm³/mol. The van der Waals surface area contributed by atoms with Gasteiger partial charge >= 0.3 is 0 Å². The Morgan fingerprint density at radius 2 is 0.800 bits per heavy atom. The van der Waals surface area contributed by atoms with Crippen LogP contribution in [-0.2, 0) is 0 Å². The number of hydrogen-bond acceptors (Lipinski definition) is 6. The molecule has 0 radical (unpaired) electrons. The van der Waals surface area contributed by atoms with Gasteiger partial charge in [-0.3, -0.25) is 0 Å². The number of hydrogen-bond donors (Lipinski definition) is 0. The third kappa shape index (κ3) is 8.76. The maximum absolute atomic E-state index is 9.46. The van der Waals surface area contributed by atoms with Crippen LogP contribution in [0.1, 0.15) is 11.1 Å². The van der Waals surface area contributed by atoms with Crippen LogP contribution < -0.4 is 9.80 Å². The molecule has 0 aliphatic heterocycles. The average Bonchev–Trinajstić information content (AvgIpc) is 3.81. The van der Waals surface area contributed by atoms with Gasteiger partial charge < -0.3 is 14.4 Å². The summed E-state index contributed by atoms with van der Waals surface area (Å²) >= 11 is 0. The lowest BCUT2D eigenvalue weighted by atomic mass is 9.99. The highest BCUT2D eigenvalue weighted by Gasteiger charge is 2.21. The standard InChI is InChI=1S/C67H42N8/c1-70-64-40-51(63-43-62(49-26-22-46(44-68)23-27-49)71-67(72-63)50-28-24-47(45-69)25-29-50)32-37-59(64)48-30-33-56(34-31-48)75-65-38-35-57(73(52-14-6-2-7-15-52)53-16-8-3-9-17-53)41-60(65)61-42-58(36-39-66(61)75)74(54-18-10-4-11-19-54)55-20-12-5-13-21-55/h2-43H. The van der Waals surface area contributed by atoms with Crippen LogP contribution in [0, 0.1) is 29.2 Å². The number of para-hydroxylation sites is 4. The fourth-order valence-corrected chi connectivity index (χ4v) is 9.86. The molecule has 0 fully saturated rings. The van der Waals surface area contributed by atoms with Gasteiger partial charge in [0.1, 0.15) is 0 Å². The first-order chi connectivity index (χ1) is 37.0. The molecular formula is C67H42N8. The second-order valence-corrected chi connectivity index (χ2v) is 18.0. The number of benzene rings is 10. The fraction of sp³-hybridized carbons (Fsp3) is 0. The lowest BCUT2D eigenvalue weighted by Crippen LogP contribution is -2.09. The van der Waals surface area contributed by atoms with Crippen LogP contribution in [0.3, 0.4) is 0 Å². The summed E-state index contributed by atoms with van der Waals surface area (Å²) in [5.41, 5.74) is 16.3. The van der Waals surface area contributed by atoms with Gasteiger partial charge in [0.15, 0.2) is 11.5 Å². The third-order valence-electron chi connectivity index (χ3n) is 13.5. The summed E-state index contributed by atoms with van der Waals surface area (Å²) < 4.78 is 2.33. The van der Waals surface area contributed by atoms with Gasteiger partial charge in [-0.15, -0.1) is 0 Å². The van der Waals surface area contributed by atoms with Crippen LogP contribution in [0.5, 0.6) is 0 Å². The second kappa shape index (κ2) is 19.7. The minimum Gasteiger partial charge on any atom is -0.310 e. The van der Waals surface area contributed by atoms with Gasteiger partial charge in [-0.05, 0) is 162 Å². The minimum atomic E-state index is 0.479. The topological polar surface area (TPSA) is 89.1 Å². The molecule has 0 bridgehead atoms. The van der Waals surface area contributed by atoms with Crippen molar-refractivity contribution in [3.8, 4) is 62.9 Å². The molecule has 75 heavy (non-hydrogen) atoms. The van der Waals surface area contributed by atoms with Crippen molar-refractivity contribution in [2.24, 2.45) is 0 Å². The number of fused-ring (bicyclic) bond motifs is 3. The first kappa shape index (κ1) is 45.3. The Morgan fingerprint density at radius 1 is 0.387 bits per heavy atom. The van der Waals surface area contributed by atoms with Crippen molar-refractivity contribution < 1.29 is 0 Å². The predicted octanol–water partition coefficient (Wildman–Crippen LogP) is 17.5. The third-order valence-corrected chi connectivity index (χ3v) is 13.5. The van der Waals surface area contributed by atoms with Gasteiger partial charge in [0.25, 0.3) is 0 Å². The second-order valence-electron chi connectivity index (χ2n) is 18.0. The van der Waals surface area contributed by atoms with E-state index >= 15 is 0 Å². The maximum Gasteiger partial charge on any atom is 0.195 e. The lowest BCUT2D eigenvalue weighted by molar-refractivity contribution is 1.18. The molecule has 10 aromatic carbocycles. The van der Waals surface area contributed by atoms with E-state index in [9.17, 15) is 10.5 Å². The molecule has 0 amide bonds. The Morgan fingerprint density at radius 3 is 1.24 bits per heavy atom. The Hall–Kier alpha value is -10.9. The van der Waals surface area contributed by atoms with Crippen molar-refractivity contribution in [1.29, 1.82) is 10.5 Å². The quantitative estimate of drug-likeness (QED) is 0.120. The Kier molecular flexibility index (Phi) is 11.9. The van der Waals surface area contributed by atoms with E-state index in [1.54, 1.807) is 24.3 Å². The summed E-state index contributed by atoms with van der Waals surface area (Å²) in [6, 6.07) is 90.4. The van der Waals surface area contributed by atoms with Gasteiger partial charge in [0, 0.05) is 61.7 Å². The number of nitriles is 2. The highest BCUT2D eigenvalue weighted by Crippen LogP contribution is 2.44. The van der Waals surface area contributed by atoms with Crippen LogP contribution in [0.2, 0.25) is 0 Å². The lowest BCUT2D eigenvalue weighted by Gasteiger charge is -2.26. The van der Waals surface area contributed by atoms with Crippen molar-refractivity contribution in [1.82, 2.24) is 14.5 Å². The van der Waals surface area contributed by atoms with Gasteiger partial charge in [0.2, 0.25) is 0 Å². The van der Waals surface area contributed by atoms with Crippen LogP contribution in [-0.4, -0.2) is 14.5 Å². The van der Waals surface area contributed by atoms with Gasteiger partial charge in [0.05, 0.1) is 52.3 Å². The van der Waals surface area contributed by atoms with Crippen molar-refractivity contribution in [2.75, 3.05) is 9.80 Å². The molecule has 350 valence electrons. The van der Waals surface area contributed by atoms with E-state index < -0.39 is 0 Å². The van der Waals surface area contributed by atoms with Gasteiger partial charge in [-0.2, -0.15) is 10.5 Å². The zero-order valence-electron chi connectivity index (χ0n) is 40.3. The summed E-state index contributed by atoms with van der Waals surface area (Å²) in [6.07, 6.45) is 0. The maximum atomic E-state index is 9.46. The molecular weight excluding hydrogens is 917 g/mol. The van der Waals surface area contributed by atoms with E-state index in [0.29, 0.717) is 34.0 Å². The van der Waals surface area contributed by atoms with Crippen LogP contribution in [0.4, 0.5) is 39.8 Å². The Bertz CT molecular complexity index is 3880. The number of aromatic nitrogens is 3. The van der Waals surface area contributed by atoms with E-state index in [4.69, 9.17) is 16.5 Å². The molecule has 8 heteroatoms. The molecule has 0 unspecified atom stereocenters. The van der Waals surface area contributed by atoms with E-state index in [0.717, 1.165) is 89.4 Å². The monoisotopic (exact) mass is 958 g/mol. The molecule has 0 spiro atoms. The molecule has 0 aliphatic rings. The van der Waals surface area contributed by atoms with Crippen molar-refractivity contribution in [2.45, 2.75) is 0 Å². The largest absolute Gasteiger partial charge is 0.310 e. The smallest absolute Gasteiger partial charge is 0.195 e. The fourth-order valence-electron chi connectivity index (χ4n) is 9.86. The minimum absolute atomic E-state index is 0.479. The first-order valence-corrected chi connectivity index (χ1v) is 24.4. The van der Waals surface area contributed by atoms with Gasteiger partial charge in [-0.25, -0.2) is 14.8 Å². The molecule has 0 N–H and O–H groups in total. The number of rotatable bonds is 11. The first-order valence-electron chi connectivity index (χ1n) is 24.4. The molecule has 0 saturated carbocycles. The molecule has 2 aromatic heterocycles. The average molecular weight is 959 g/mol. The van der Waals surface area contributed by atoms with Crippen molar-refractivity contribution in [3.63, 3.8) is 0 Å². The summed E-state index contributed by atoms with van der Waals surface area (Å²) in [5.74, 6) is 0.479. The molecule has 0 saturated heterocycles. The Labute approximate surface area is 434 Å². The summed E-state index contributed by atoms with van der Waals surface area (Å²) in [4.78, 5) is 18.6. The van der Waals surface area contributed by atoms with Crippen molar-refractivity contribution in [3.05, 3.63) is 277 Å². The molecule has 8 nitrogen and oxygen atoms in total. The molecule has 0 aliphatic carbocycles. The molecule has 12 aromatic rings. The summed E-state index contributed by atoms with van der Waals surface area (Å²) in [7, 11) is 0. The van der Waals surface area contributed by atoms with Crippen LogP contribution >= 0.6 is 0 Å². The highest BCUT2D eigenvalue weighted by atomic mass is 15.1. The van der Waals surface area contributed by atoms with Crippen LogP contribution in [0.25, 0.3) is 77.4 Å². The van der Waals surface area contributed by atoms with Crippen LogP contribution in [0.15, 0.2) is 255 Å². The molecule has 0 atom stereocenters.